The number of likely N-dealkylation sites (N-methyl/N-ethyl adjacent to an activating group) is 1. The predicted octanol–water partition coefficient (Wildman–Crippen LogP) is 7.53. The van der Waals surface area contributed by atoms with Crippen LogP contribution in [0.15, 0.2) is 24.3 Å². The van der Waals surface area contributed by atoms with Crippen molar-refractivity contribution in [1.82, 2.24) is 0 Å². The summed E-state index contributed by atoms with van der Waals surface area (Å²) in [4.78, 5) is 50.1. The Labute approximate surface area is 332 Å². The Kier molecular flexibility index (Phi) is 28.1. The highest BCUT2D eigenvalue weighted by molar-refractivity contribution is 7.45. The van der Waals surface area contributed by atoms with E-state index in [2.05, 4.69) is 13.8 Å². The summed E-state index contributed by atoms with van der Waals surface area (Å²) in [6.07, 6.45) is 22.9. The van der Waals surface area contributed by atoms with E-state index in [-0.39, 0.29) is 44.2 Å². The number of rotatable bonds is 34. The summed E-state index contributed by atoms with van der Waals surface area (Å²) in [6, 6.07) is 0. The number of ketones is 1. The van der Waals surface area contributed by atoms with Gasteiger partial charge in [0.2, 0.25) is 0 Å². The van der Waals surface area contributed by atoms with E-state index in [1.807, 2.05) is 33.3 Å². The number of hydrogen-bond acceptors (Lipinski definition) is 11. The lowest BCUT2D eigenvalue weighted by Crippen LogP contribution is -2.37. The molecule has 55 heavy (non-hydrogen) atoms. The highest BCUT2D eigenvalue weighted by Crippen LogP contribution is 2.38. The highest BCUT2D eigenvalue weighted by atomic mass is 31.2. The van der Waals surface area contributed by atoms with Crippen molar-refractivity contribution in [2.24, 2.45) is 11.8 Å². The molecule has 0 aliphatic heterocycles. The number of aliphatic hydroxyl groups excluding tert-OH is 2. The fraction of sp³-hybridized carbons (Fsp3) is 0.833. The van der Waals surface area contributed by atoms with E-state index >= 15 is 0 Å². The van der Waals surface area contributed by atoms with Crippen molar-refractivity contribution in [2.75, 3.05) is 47.5 Å². The second-order valence-electron chi connectivity index (χ2n) is 16.1. The van der Waals surface area contributed by atoms with Crippen molar-refractivity contribution in [1.29, 1.82) is 0 Å². The Balaban J connectivity index is 2.53. The Morgan fingerprint density at radius 1 is 0.855 bits per heavy atom. The van der Waals surface area contributed by atoms with Gasteiger partial charge in [0.15, 0.2) is 6.10 Å². The number of quaternary nitrogens is 1. The number of carbonyl (C=O) groups excluding carboxylic acids is 3. The van der Waals surface area contributed by atoms with Gasteiger partial charge in [-0.05, 0) is 32.1 Å². The van der Waals surface area contributed by atoms with Gasteiger partial charge in [0.1, 0.15) is 25.5 Å². The van der Waals surface area contributed by atoms with Gasteiger partial charge in [-0.15, -0.1) is 0 Å². The van der Waals surface area contributed by atoms with Crippen LogP contribution in [-0.4, -0.2) is 98.2 Å². The number of ether oxygens (including phenoxy) is 2. The van der Waals surface area contributed by atoms with Gasteiger partial charge in [-0.25, -0.2) is 0 Å². The van der Waals surface area contributed by atoms with Crippen LogP contribution in [0.4, 0.5) is 0 Å². The lowest BCUT2D eigenvalue weighted by molar-refractivity contribution is -0.870. The number of hydrogen-bond donors (Lipinski definition) is 2. The fourth-order valence-corrected chi connectivity index (χ4v) is 7.13. The molecule has 0 bridgehead atoms. The van der Waals surface area contributed by atoms with Gasteiger partial charge in [0.05, 0.1) is 40.0 Å². The van der Waals surface area contributed by atoms with Crippen LogP contribution < -0.4 is 4.89 Å². The molecular weight excluding hydrogens is 725 g/mol. The van der Waals surface area contributed by atoms with Crippen molar-refractivity contribution < 1.29 is 57.1 Å². The van der Waals surface area contributed by atoms with Gasteiger partial charge < -0.3 is 38.1 Å². The summed E-state index contributed by atoms with van der Waals surface area (Å²) in [5.41, 5.74) is 0. The third-order valence-electron chi connectivity index (χ3n) is 9.85. The molecule has 1 unspecified atom stereocenters. The maximum absolute atomic E-state index is 12.7. The second kappa shape index (κ2) is 30.2. The summed E-state index contributed by atoms with van der Waals surface area (Å²) in [5, 5.41) is 20.7. The minimum atomic E-state index is -4.68. The number of aliphatic hydroxyl groups is 2. The Hall–Kier alpha value is -1.92. The van der Waals surface area contributed by atoms with Crippen molar-refractivity contribution in [3.05, 3.63) is 24.3 Å². The van der Waals surface area contributed by atoms with Crippen molar-refractivity contribution in [2.45, 2.75) is 167 Å². The molecule has 0 aromatic heterocycles. The van der Waals surface area contributed by atoms with E-state index in [1.54, 1.807) is 12.2 Å². The molecule has 320 valence electrons. The van der Waals surface area contributed by atoms with E-state index in [4.69, 9.17) is 18.5 Å². The van der Waals surface area contributed by atoms with Crippen LogP contribution in [0.5, 0.6) is 0 Å². The van der Waals surface area contributed by atoms with Crippen molar-refractivity contribution >= 4 is 25.5 Å². The summed E-state index contributed by atoms with van der Waals surface area (Å²) < 4.78 is 33.7. The SMILES string of the molecule is CCCCCCCCCCCCCC(=O)O[C@H](COC(=O)CCC/C=C\C[C@H]1[C@@H](O)CC(=O)[C@@H]1/C=C/[C@@H](O)CCCCC)COP(=O)([O-])OCC[N+](C)(C)C. The minimum absolute atomic E-state index is 0.0282. The van der Waals surface area contributed by atoms with Crippen LogP contribution in [0.1, 0.15) is 149 Å². The molecule has 12 nitrogen and oxygen atoms in total. The number of allylic oxidation sites excluding steroid dienone is 3. The maximum Gasteiger partial charge on any atom is 0.306 e. The van der Waals surface area contributed by atoms with Crippen LogP contribution in [0.3, 0.4) is 0 Å². The van der Waals surface area contributed by atoms with Gasteiger partial charge in [-0.3, -0.25) is 18.9 Å². The molecule has 2 N–H and O–H groups in total. The summed E-state index contributed by atoms with van der Waals surface area (Å²) in [6.45, 7) is 3.79. The van der Waals surface area contributed by atoms with E-state index in [0.717, 1.165) is 38.5 Å². The first-order valence-corrected chi connectivity index (χ1v) is 22.6. The minimum Gasteiger partial charge on any atom is -0.756 e. The highest BCUT2D eigenvalue weighted by Gasteiger charge is 2.39. The monoisotopic (exact) mass is 802 g/mol. The summed E-state index contributed by atoms with van der Waals surface area (Å²) in [7, 11) is 1.02. The Morgan fingerprint density at radius 3 is 2.09 bits per heavy atom. The Morgan fingerprint density at radius 2 is 1.45 bits per heavy atom. The largest absolute Gasteiger partial charge is 0.756 e. The van der Waals surface area contributed by atoms with Crippen LogP contribution in [0.2, 0.25) is 0 Å². The molecule has 6 atom stereocenters. The average Bonchev–Trinajstić information content (AvgIpc) is 3.39. The van der Waals surface area contributed by atoms with Crippen LogP contribution in [0, 0.1) is 11.8 Å². The number of Topliss-reactive ketones (excluding diaryl/α,β-unsaturated/α-hetero) is 1. The van der Waals surface area contributed by atoms with E-state index < -0.39 is 50.6 Å². The molecule has 1 aliphatic carbocycles. The summed E-state index contributed by atoms with van der Waals surface area (Å²) in [5.74, 6) is -1.76. The van der Waals surface area contributed by atoms with Gasteiger partial charge in [0, 0.05) is 31.1 Å². The lowest BCUT2D eigenvalue weighted by atomic mass is 9.90. The first-order chi connectivity index (χ1) is 26.2. The third-order valence-corrected chi connectivity index (χ3v) is 10.8. The molecule has 1 fully saturated rings. The molecule has 1 aliphatic rings. The first kappa shape index (κ1) is 51.1. The second-order valence-corrected chi connectivity index (χ2v) is 17.6. The molecule has 0 aromatic carbocycles. The quantitative estimate of drug-likeness (QED) is 0.0217. The van der Waals surface area contributed by atoms with Crippen LogP contribution >= 0.6 is 7.82 Å². The summed E-state index contributed by atoms with van der Waals surface area (Å²) >= 11 is 0. The van der Waals surface area contributed by atoms with Gasteiger partial charge in [-0.1, -0.05) is 122 Å². The normalized spacial score (nSPS) is 19.9. The molecule has 0 heterocycles. The Bertz CT molecular complexity index is 1150. The average molecular weight is 802 g/mol. The zero-order valence-electron chi connectivity index (χ0n) is 34.8. The van der Waals surface area contributed by atoms with Gasteiger partial charge in [-0.2, -0.15) is 0 Å². The maximum atomic E-state index is 12.7. The predicted molar refractivity (Wildman–Crippen MR) is 214 cm³/mol. The van der Waals surface area contributed by atoms with Gasteiger partial charge >= 0.3 is 11.9 Å². The van der Waals surface area contributed by atoms with Crippen LogP contribution in [-0.2, 0) is 37.5 Å². The molecule has 0 aromatic rings. The standard InChI is InChI=1S/C42H76NO11P/c1-6-8-10-11-12-13-14-15-16-17-23-27-42(48)54-36(34-53-55(49,50)52-31-30-43(3,4)5)33-51-41(47)26-22-19-18-21-25-37-38(40(46)32-39(37)45)29-28-35(44)24-20-9-7-2/h18,21,28-29,35-39,44-45H,6-17,19-20,22-27,30-34H2,1-5H3/b21-18-,29-28+/t35-,36+,37+,38+,39-/m0/s1. The van der Waals surface area contributed by atoms with E-state index in [0.29, 0.717) is 43.1 Å². The topological polar surface area (TPSA) is 169 Å². The molecule has 1 rings (SSSR count). The third kappa shape index (κ3) is 27.4. The molecule has 13 heteroatoms. The van der Waals surface area contributed by atoms with E-state index in [9.17, 15) is 34.1 Å². The molecule has 0 spiro atoms. The van der Waals surface area contributed by atoms with E-state index in [1.165, 1.54) is 44.9 Å². The number of unbranched alkanes of at least 4 members (excludes halogenated alkanes) is 13. The lowest BCUT2D eigenvalue weighted by Gasteiger charge is -2.28. The number of carbonyl (C=O) groups is 3. The molecule has 0 saturated heterocycles. The number of phosphoric ester groups is 1. The van der Waals surface area contributed by atoms with Crippen LogP contribution in [0.25, 0.3) is 0 Å². The molecular formula is C42H76NO11P. The first-order valence-electron chi connectivity index (χ1n) is 21.1. The van der Waals surface area contributed by atoms with Crippen molar-refractivity contribution in [3.63, 3.8) is 0 Å². The number of esters is 2. The molecule has 1 saturated carbocycles. The fourth-order valence-electron chi connectivity index (χ4n) is 6.40. The van der Waals surface area contributed by atoms with Gasteiger partial charge in [0.25, 0.3) is 7.82 Å². The molecule has 0 amide bonds. The van der Waals surface area contributed by atoms with Crippen molar-refractivity contribution in [3.8, 4) is 0 Å². The zero-order valence-corrected chi connectivity index (χ0v) is 35.7. The smallest absolute Gasteiger partial charge is 0.306 e. The number of phosphoric acid groups is 1. The zero-order chi connectivity index (χ0) is 41.0. The molecule has 0 radical (unpaired) electrons. The number of nitrogens with zero attached hydrogens (tertiary/aromatic N) is 1.